The third-order valence-electron chi connectivity index (χ3n) is 2.52. The van der Waals surface area contributed by atoms with E-state index in [4.69, 9.17) is 5.11 Å². The molecule has 2 aromatic heterocycles. The highest BCUT2D eigenvalue weighted by atomic mass is 79.9. The highest BCUT2D eigenvalue weighted by molar-refractivity contribution is 9.10. The molecule has 18 heavy (non-hydrogen) atoms. The molecule has 0 bridgehead atoms. The van der Waals surface area contributed by atoms with Crippen LogP contribution < -0.4 is 0 Å². The van der Waals surface area contributed by atoms with Crippen molar-refractivity contribution >= 4 is 33.2 Å². The summed E-state index contributed by atoms with van der Waals surface area (Å²) in [5.41, 5.74) is 1.73. The molecule has 0 aliphatic rings. The molecule has 0 spiro atoms. The summed E-state index contributed by atoms with van der Waals surface area (Å²) in [6.07, 6.45) is 0. The first-order valence-corrected chi connectivity index (χ1v) is 7.15. The van der Waals surface area contributed by atoms with Gasteiger partial charge in [-0.25, -0.2) is 4.79 Å². The summed E-state index contributed by atoms with van der Waals surface area (Å²) in [5.74, 6) is -0.843. The van der Waals surface area contributed by atoms with Gasteiger partial charge in [-0.05, 0) is 40.0 Å². The van der Waals surface area contributed by atoms with Gasteiger partial charge in [0.2, 0.25) is 0 Å². The van der Waals surface area contributed by atoms with E-state index in [0.717, 1.165) is 15.0 Å². The first-order chi connectivity index (χ1) is 8.49. The number of carboxylic acid groups (broad SMARTS) is 1. The van der Waals surface area contributed by atoms with Crippen LogP contribution in [0.25, 0.3) is 10.6 Å². The fourth-order valence-electron chi connectivity index (χ4n) is 1.68. The quantitative estimate of drug-likeness (QED) is 0.910. The predicted molar refractivity (Wildman–Crippen MR) is 76.3 cm³/mol. The molecule has 94 valence electrons. The SMILES string of the molecule is CC(C)c1nc(-c2cc(Br)cs2)ccc1C(=O)O. The molecule has 0 fully saturated rings. The lowest BCUT2D eigenvalue weighted by atomic mass is 10.0. The number of aromatic nitrogens is 1. The minimum Gasteiger partial charge on any atom is -0.478 e. The van der Waals surface area contributed by atoms with Crippen LogP contribution in [0.3, 0.4) is 0 Å². The standard InChI is InChI=1S/C13H12BrNO2S/c1-7(2)12-9(13(16)17)3-4-10(15-12)11-5-8(14)6-18-11/h3-7H,1-2H3,(H,16,17). The van der Waals surface area contributed by atoms with Crippen molar-refractivity contribution in [3.8, 4) is 10.6 Å². The monoisotopic (exact) mass is 325 g/mol. The Bertz CT molecular complexity index is 592. The largest absolute Gasteiger partial charge is 0.478 e. The average molecular weight is 326 g/mol. The molecule has 2 heterocycles. The van der Waals surface area contributed by atoms with Gasteiger partial charge in [-0.2, -0.15) is 0 Å². The summed E-state index contributed by atoms with van der Waals surface area (Å²) >= 11 is 4.98. The first-order valence-electron chi connectivity index (χ1n) is 5.47. The highest BCUT2D eigenvalue weighted by Crippen LogP contribution is 2.30. The van der Waals surface area contributed by atoms with Gasteiger partial charge in [-0.3, -0.25) is 4.98 Å². The van der Waals surface area contributed by atoms with Crippen LogP contribution in [0.2, 0.25) is 0 Å². The van der Waals surface area contributed by atoms with Crippen molar-refractivity contribution in [1.82, 2.24) is 4.98 Å². The van der Waals surface area contributed by atoms with E-state index < -0.39 is 5.97 Å². The number of rotatable bonds is 3. The molecular weight excluding hydrogens is 314 g/mol. The summed E-state index contributed by atoms with van der Waals surface area (Å²) in [6.45, 7) is 3.89. The van der Waals surface area contributed by atoms with E-state index in [2.05, 4.69) is 20.9 Å². The van der Waals surface area contributed by atoms with E-state index in [1.807, 2.05) is 25.3 Å². The molecule has 1 N–H and O–H groups in total. The molecule has 2 aromatic rings. The van der Waals surface area contributed by atoms with Crippen LogP contribution in [0.15, 0.2) is 28.1 Å². The minimum atomic E-state index is -0.926. The summed E-state index contributed by atoms with van der Waals surface area (Å²) in [5, 5.41) is 11.1. The van der Waals surface area contributed by atoms with Crippen LogP contribution in [0.4, 0.5) is 0 Å². The smallest absolute Gasteiger partial charge is 0.337 e. The number of hydrogen-bond donors (Lipinski definition) is 1. The van der Waals surface area contributed by atoms with E-state index in [1.165, 1.54) is 0 Å². The number of thiophene rings is 1. The van der Waals surface area contributed by atoms with Gasteiger partial charge in [-0.15, -0.1) is 11.3 Å². The summed E-state index contributed by atoms with van der Waals surface area (Å²) in [7, 11) is 0. The zero-order valence-corrected chi connectivity index (χ0v) is 12.4. The zero-order valence-electron chi connectivity index (χ0n) is 9.98. The molecule has 3 nitrogen and oxygen atoms in total. The molecule has 0 amide bonds. The molecule has 0 aliphatic heterocycles. The van der Waals surface area contributed by atoms with Crippen molar-refractivity contribution < 1.29 is 9.90 Å². The van der Waals surface area contributed by atoms with Crippen LogP contribution in [0.5, 0.6) is 0 Å². The van der Waals surface area contributed by atoms with Gasteiger partial charge >= 0.3 is 5.97 Å². The van der Waals surface area contributed by atoms with Gasteiger partial charge in [0.15, 0.2) is 0 Å². The molecular formula is C13H12BrNO2S. The van der Waals surface area contributed by atoms with E-state index in [1.54, 1.807) is 23.5 Å². The van der Waals surface area contributed by atoms with Gasteiger partial charge in [0.25, 0.3) is 0 Å². The molecule has 0 unspecified atom stereocenters. The Balaban J connectivity index is 2.53. The van der Waals surface area contributed by atoms with Crippen LogP contribution in [0, 0.1) is 0 Å². The molecule has 0 saturated heterocycles. The van der Waals surface area contributed by atoms with E-state index in [9.17, 15) is 4.79 Å². The predicted octanol–water partition coefficient (Wildman–Crippen LogP) is 4.39. The lowest BCUT2D eigenvalue weighted by molar-refractivity contribution is 0.0694. The first kappa shape index (κ1) is 13.2. The molecule has 5 heteroatoms. The van der Waals surface area contributed by atoms with Gasteiger partial charge in [0, 0.05) is 9.85 Å². The van der Waals surface area contributed by atoms with Crippen molar-refractivity contribution in [1.29, 1.82) is 0 Å². The Kier molecular flexibility index (Phi) is 3.82. The lowest BCUT2D eigenvalue weighted by Gasteiger charge is -2.10. The second kappa shape index (κ2) is 5.20. The Morgan fingerprint density at radius 3 is 2.67 bits per heavy atom. The van der Waals surface area contributed by atoms with Crippen LogP contribution >= 0.6 is 27.3 Å². The van der Waals surface area contributed by atoms with Crippen molar-refractivity contribution in [2.24, 2.45) is 0 Å². The van der Waals surface area contributed by atoms with Crippen LogP contribution in [-0.4, -0.2) is 16.1 Å². The molecule has 0 saturated carbocycles. The van der Waals surface area contributed by atoms with Crippen LogP contribution in [-0.2, 0) is 0 Å². The zero-order chi connectivity index (χ0) is 13.3. The number of nitrogens with zero attached hydrogens (tertiary/aromatic N) is 1. The number of halogens is 1. The van der Waals surface area contributed by atoms with Crippen molar-refractivity contribution in [2.45, 2.75) is 19.8 Å². The topological polar surface area (TPSA) is 50.2 Å². The molecule has 0 aliphatic carbocycles. The molecule has 2 rings (SSSR count). The Hall–Kier alpha value is -1.20. The van der Waals surface area contributed by atoms with E-state index in [-0.39, 0.29) is 11.5 Å². The second-order valence-electron chi connectivity index (χ2n) is 4.22. The van der Waals surface area contributed by atoms with Crippen LogP contribution in [0.1, 0.15) is 35.8 Å². The van der Waals surface area contributed by atoms with Crippen molar-refractivity contribution in [2.75, 3.05) is 0 Å². The second-order valence-corrected chi connectivity index (χ2v) is 6.05. The maximum absolute atomic E-state index is 11.1. The summed E-state index contributed by atoms with van der Waals surface area (Å²) in [6, 6.07) is 5.37. The average Bonchev–Trinajstić information content (AvgIpc) is 2.75. The lowest BCUT2D eigenvalue weighted by Crippen LogP contribution is -2.06. The summed E-state index contributed by atoms with van der Waals surface area (Å²) in [4.78, 5) is 16.6. The third kappa shape index (κ3) is 2.62. The Morgan fingerprint density at radius 2 is 2.17 bits per heavy atom. The maximum Gasteiger partial charge on any atom is 0.337 e. The molecule has 0 aromatic carbocycles. The fourth-order valence-corrected chi connectivity index (χ4v) is 3.08. The van der Waals surface area contributed by atoms with Crippen molar-refractivity contribution in [3.05, 3.63) is 39.3 Å². The third-order valence-corrected chi connectivity index (χ3v) is 4.24. The van der Waals surface area contributed by atoms with E-state index in [0.29, 0.717) is 5.69 Å². The number of carbonyl (C=O) groups is 1. The molecule has 0 radical (unpaired) electrons. The normalized spacial score (nSPS) is 10.9. The minimum absolute atomic E-state index is 0.0828. The number of pyridine rings is 1. The summed E-state index contributed by atoms with van der Waals surface area (Å²) < 4.78 is 1.01. The number of hydrogen-bond acceptors (Lipinski definition) is 3. The Labute approximate surface area is 118 Å². The van der Waals surface area contributed by atoms with Gasteiger partial charge in [0.05, 0.1) is 21.8 Å². The van der Waals surface area contributed by atoms with E-state index >= 15 is 0 Å². The fraction of sp³-hybridized carbons (Fsp3) is 0.231. The van der Waals surface area contributed by atoms with Gasteiger partial charge < -0.3 is 5.11 Å². The van der Waals surface area contributed by atoms with Gasteiger partial charge in [-0.1, -0.05) is 13.8 Å². The molecule has 0 atom stereocenters. The maximum atomic E-state index is 11.1. The van der Waals surface area contributed by atoms with Crippen molar-refractivity contribution in [3.63, 3.8) is 0 Å². The number of aromatic carboxylic acids is 1. The Morgan fingerprint density at radius 1 is 1.44 bits per heavy atom. The number of carboxylic acids is 1. The highest BCUT2D eigenvalue weighted by Gasteiger charge is 2.16. The van der Waals surface area contributed by atoms with Gasteiger partial charge in [0.1, 0.15) is 0 Å².